The first-order valence-corrected chi connectivity index (χ1v) is 11.0. The highest BCUT2D eigenvalue weighted by Crippen LogP contribution is 2.41. The van der Waals surface area contributed by atoms with Gasteiger partial charge in [0.1, 0.15) is 11.8 Å². The maximum atomic E-state index is 13.4. The number of ether oxygens (including phenoxy) is 5. The van der Waals surface area contributed by atoms with Crippen LogP contribution in [0.5, 0.6) is 17.2 Å². The van der Waals surface area contributed by atoms with Crippen LogP contribution in [0.15, 0.2) is 40.9 Å². The summed E-state index contributed by atoms with van der Waals surface area (Å²) in [4.78, 5) is 38.1. The Bertz CT molecular complexity index is 1100. The maximum Gasteiger partial charge on any atom is 0.408 e. The number of rotatable bonds is 5. The SMILES string of the molecule is COC(=O)[C@@H](NC(=O)OC1C(=O)c2cc(Br)ccc2O[C@H]1c1ccc2c(c1)OCO2)C(C)C. The van der Waals surface area contributed by atoms with Crippen molar-refractivity contribution in [2.45, 2.75) is 32.1 Å². The van der Waals surface area contributed by atoms with E-state index >= 15 is 0 Å². The van der Waals surface area contributed by atoms with Crippen LogP contribution >= 0.6 is 15.9 Å². The second-order valence-electron chi connectivity index (χ2n) is 7.87. The zero-order valence-corrected chi connectivity index (χ0v) is 19.7. The third-order valence-electron chi connectivity index (χ3n) is 5.35. The van der Waals surface area contributed by atoms with Crippen LogP contribution in [0.4, 0.5) is 4.79 Å². The topological polar surface area (TPSA) is 109 Å². The number of benzene rings is 2. The fourth-order valence-corrected chi connectivity index (χ4v) is 4.00. The molecule has 0 aromatic heterocycles. The van der Waals surface area contributed by atoms with Crippen molar-refractivity contribution in [2.75, 3.05) is 13.9 Å². The summed E-state index contributed by atoms with van der Waals surface area (Å²) in [6.07, 6.45) is -3.19. The van der Waals surface area contributed by atoms with Gasteiger partial charge in [-0.3, -0.25) is 4.79 Å². The van der Waals surface area contributed by atoms with Crippen molar-refractivity contribution >= 4 is 33.8 Å². The standard InChI is InChI=1S/C23H22BrNO8/c1-11(2)18(22(27)29-3)25-23(28)33-21-19(26)14-9-13(24)5-7-15(14)32-20(21)12-4-6-16-17(8-12)31-10-30-16/h4-9,11,18,20-21H,10H2,1-3H3,(H,25,28)/t18-,20-,21?/m0/s1. The molecule has 0 fully saturated rings. The average molecular weight is 520 g/mol. The molecule has 10 heteroatoms. The number of amides is 1. The quantitative estimate of drug-likeness (QED) is 0.594. The molecule has 33 heavy (non-hydrogen) atoms. The number of methoxy groups -OCH3 is 1. The smallest absolute Gasteiger partial charge is 0.408 e. The first-order chi connectivity index (χ1) is 15.8. The zero-order valence-electron chi connectivity index (χ0n) is 18.1. The zero-order chi connectivity index (χ0) is 23.7. The second kappa shape index (κ2) is 9.30. The van der Waals surface area contributed by atoms with Crippen LogP contribution in [0.2, 0.25) is 0 Å². The van der Waals surface area contributed by atoms with Gasteiger partial charge in [-0.2, -0.15) is 0 Å². The summed E-state index contributed by atoms with van der Waals surface area (Å²) >= 11 is 3.35. The third kappa shape index (κ3) is 4.61. The van der Waals surface area contributed by atoms with E-state index in [4.69, 9.17) is 23.7 Å². The lowest BCUT2D eigenvalue weighted by Crippen LogP contribution is -2.48. The second-order valence-corrected chi connectivity index (χ2v) is 8.79. The minimum absolute atomic E-state index is 0.0898. The molecule has 2 aliphatic rings. The summed E-state index contributed by atoms with van der Waals surface area (Å²) in [5.74, 6) is 0.117. The molecule has 1 unspecified atom stereocenters. The van der Waals surface area contributed by atoms with Gasteiger partial charge < -0.3 is 29.0 Å². The van der Waals surface area contributed by atoms with Gasteiger partial charge in [-0.15, -0.1) is 0 Å². The fourth-order valence-electron chi connectivity index (χ4n) is 3.64. The highest BCUT2D eigenvalue weighted by atomic mass is 79.9. The van der Waals surface area contributed by atoms with Crippen molar-refractivity contribution in [2.24, 2.45) is 5.92 Å². The van der Waals surface area contributed by atoms with Gasteiger partial charge in [-0.25, -0.2) is 9.59 Å². The molecule has 2 heterocycles. The first kappa shape index (κ1) is 22.9. The molecule has 1 amide bonds. The number of Topliss-reactive ketones (excluding diaryl/α,β-unsaturated/α-hetero) is 1. The Hall–Kier alpha value is -3.27. The summed E-state index contributed by atoms with van der Waals surface area (Å²) in [5, 5.41) is 2.49. The van der Waals surface area contributed by atoms with Crippen LogP contribution in [-0.2, 0) is 14.3 Å². The largest absolute Gasteiger partial charge is 0.481 e. The summed E-state index contributed by atoms with van der Waals surface area (Å²) in [6, 6.07) is 9.19. The molecule has 1 N–H and O–H groups in total. The predicted molar refractivity (Wildman–Crippen MR) is 118 cm³/mol. The molecule has 2 aromatic carbocycles. The van der Waals surface area contributed by atoms with Gasteiger partial charge in [-0.05, 0) is 36.2 Å². The van der Waals surface area contributed by atoms with Gasteiger partial charge in [0, 0.05) is 10.0 Å². The molecule has 0 saturated heterocycles. The number of ketones is 1. The van der Waals surface area contributed by atoms with Crippen LogP contribution in [0.25, 0.3) is 0 Å². The molecule has 0 spiro atoms. The molecule has 0 bridgehead atoms. The average Bonchev–Trinajstić information content (AvgIpc) is 3.26. The number of hydrogen-bond acceptors (Lipinski definition) is 8. The summed E-state index contributed by atoms with van der Waals surface area (Å²) < 4.78 is 27.8. The van der Waals surface area contributed by atoms with E-state index in [0.29, 0.717) is 27.3 Å². The Kier molecular flexibility index (Phi) is 6.46. The Balaban J connectivity index is 1.65. The van der Waals surface area contributed by atoms with E-state index in [1.165, 1.54) is 7.11 Å². The van der Waals surface area contributed by atoms with E-state index in [9.17, 15) is 14.4 Å². The summed E-state index contributed by atoms with van der Waals surface area (Å²) in [5.41, 5.74) is 0.833. The van der Waals surface area contributed by atoms with E-state index < -0.39 is 36.1 Å². The van der Waals surface area contributed by atoms with Gasteiger partial charge in [0.05, 0.1) is 12.7 Å². The monoisotopic (exact) mass is 519 g/mol. The number of nitrogens with one attached hydrogen (secondary N) is 1. The van der Waals surface area contributed by atoms with Crippen LogP contribution in [0.1, 0.15) is 35.9 Å². The molecule has 0 saturated carbocycles. The molecular weight excluding hydrogens is 498 g/mol. The van der Waals surface area contributed by atoms with Gasteiger partial charge in [-0.1, -0.05) is 35.8 Å². The number of carbonyl (C=O) groups is 3. The molecular formula is C23H22BrNO8. The number of fused-ring (bicyclic) bond motifs is 2. The minimum Gasteiger partial charge on any atom is -0.481 e. The van der Waals surface area contributed by atoms with Gasteiger partial charge in [0.2, 0.25) is 18.7 Å². The van der Waals surface area contributed by atoms with Crippen molar-refractivity contribution in [1.82, 2.24) is 5.32 Å². The van der Waals surface area contributed by atoms with Crippen LogP contribution < -0.4 is 19.5 Å². The van der Waals surface area contributed by atoms with Crippen LogP contribution in [0.3, 0.4) is 0 Å². The highest BCUT2D eigenvalue weighted by Gasteiger charge is 2.42. The van der Waals surface area contributed by atoms with Crippen LogP contribution in [0, 0.1) is 5.92 Å². The van der Waals surface area contributed by atoms with E-state index in [2.05, 4.69) is 21.2 Å². The molecule has 9 nitrogen and oxygen atoms in total. The Morgan fingerprint density at radius 2 is 1.82 bits per heavy atom. The van der Waals surface area contributed by atoms with Crippen molar-refractivity contribution in [1.29, 1.82) is 0 Å². The molecule has 3 atom stereocenters. The number of hydrogen-bond donors (Lipinski definition) is 1. The van der Waals surface area contributed by atoms with E-state index in [-0.39, 0.29) is 18.3 Å². The molecule has 0 aliphatic carbocycles. The van der Waals surface area contributed by atoms with Crippen molar-refractivity contribution in [3.8, 4) is 17.2 Å². The predicted octanol–water partition coefficient (Wildman–Crippen LogP) is 3.79. The molecule has 0 radical (unpaired) electrons. The van der Waals surface area contributed by atoms with Crippen molar-refractivity contribution < 1.29 is 38.1 Å². The normalized spacial score (nSPS) is 19.4. The lowest BCUT2D eigenvalue weighted by atomic mass is 9.93. The number of alkyl carbamates (subject to hydrolysis) is 1. The fraction of sp³-hybridized carbons (Fsp3) is 0.348. The van der Waals surface area contributed by atoms with E-state index in [1.54, 1.807) is 50.2 Å². The Morgan fingerprint density at radius 3 is 2.55 bits per heavy atom. The first-order valence-electron chi connectivity index (χ1n) is 10.2. The lowest BCUT2D eigenvalue weighted by molar-refractivity contribution is -0.144. The van der Waals surface area contributed by atoms with E-state index in [1.807, 2.05) is 0 Å². The summed E-state index contributed by atoms with van der Waals surface area (Å²) in [7, 11) is 1.23. The lowest BCUT2D eigenvalue weighted by Gasteiger charge is -2.33. The minimum atomic E-state index is -1.31. The number of esters is 1. The van der Waals surface area contributed by atoms with Gasteiger partial charge in [0.25, 0.3) is 0 Å². The number of carbonyl (C=O) groups excluding carboxylic acids is 3. The van der Waals surface area contributed by atoms with E-state index in [0.717, 1.165) is 0 Å². The van der Waals surface area contributed by atoms with Crippen molar-refractivity contribution in [3.05, 3.63) is 52.0 Å². The Morgan fingerprint density at radius 1 is 1.09 bits per heavy atom. The van der Waals surface area contributed by atoms with Crippen molar-refractivity contribution in [3.63, 3.8) is 0 Å². The highest BCUT2D eigenvalue weighted by molar-refractivity contribution is 9.10. The maximum absolute atomic E-state index is 13.4. The number of halogens is 1. The Labute approximate surface area is 198 Å². The molecule has 2 aliphatic heterocycles. The van der Waals surface area contributed by atoms with Gasteiger partial charge in [0.15, 0.2) is 17.6 Å². The third-order valence-corrected chi connectivity index (χ3v) is 5.84. The molecule has 174 valence electrons. The summed E-state index contributed by atoms with van der Waals surface area (Å²) in [6.45, 7) is 3.59. The molecule has 2 aromatic rings. The van der Waals surface area contributed by atoms with Gasteiger partial charge >= 0.3 is 12.1 Å². The molecule has 4 rings (SSSR count). The van der Waals surface area contributed by atoms with Crippen LogP contribution in [-0.4, -0.2) is 43.9 Å².